The third kappa shape index (κ3) is 18.8. The van der Waals surface area contributed by atoms with Crippen molar-refractivity contribution < 1.29 is 29.6 Å². The Morgan fingerprint density at radius 2 is 1.03 bits per heavy atom. The van der Waals surface area contributed by atoms with Crippen LogP contribution in [-0.2, 0) is 9.59 Å². The van der Waals surface area contributed by atoms with Gasteiger partial charge in [0.1, 0.15) is 5.78 Å². The van der Waals surface area contributed by atoms with E-state index in [0.717, 1.165) is 44.2 Å². The highest BCUT2D eigenvalue weighted by Crippen LogP contribution is 2.48. The van der Waals surface area contributed by atoms with E-state index in [1.165, 1.54) is 64.2 Å². The fourth-order valence-corrected chi connectivity index (χ4v) is 8.29. The van der Waals surface area contributed by atoms with Gasteiger partial charge in [-0.2, -0.15) is 0 Å². The highest BCUT2D eigenvalue weighted by molar-refractivity contribution is 5.88. The lowest BCUT2D eigenvalue weighted by Crippen LogP contribution is -2.53. The van der Waals surface area contributed by atoms with Crippen LogP contribution in [0.25, 0.3) is 10.4 Å². The van der Waals surface area contributed by atoms with Crippen LogP contribution in [0.2, 0.25) is 0 Å². The number of carbonyl (C=O) groups excluding carboxylic acids is 2. The maximum atomic E-state index is 13.3. The molecule has 4 saturated carbocycles. The van der Waals surface area contributed by atoms with Crippen LogP contribution in [0.3, 0.4) is 0 Å². The molecule has 5 unspecified atom stereocenters. The molecule has 0 radical (unpaired) electrons. The summed E-state index contributed by atoms with van der Waals surface area (Å²) in [6, 6.07) is 0.0447. The Balaban J connectivity index is -0.0000000723. The average molecular weight is 822 g/mol. The molecule has 1 amide bonds. The lowest BCUT2D eigenvalue weighted by molar-refractivity contribution is -0.129. The van der Waals surface area contributed by atoms with E-state index < -0.39 is 0 Å². The normalized spacial score (nSPS) is 20.4. The lowest BCUT2D eigenvalue weighted by atomic mass is 9.80. The number of rotatable bonds is 6. The molecule has 0 aromatic rings. The predicted molar refractivity (Wildman–Crippen MR) is 265 cm³/mol. The SMILES string of the molecule is C#CC#CC#CC#CC#CC#CC#CC#CC#CC#CC#CC#CC.CC(C(=O)NC1C(C(=O)C2CC2)CC2CCCCC21)N1CCC(C2CCCC2)CC1.O=O.[HH].[HH].[HH].[HH].[HH].[HH].[HH].[HH].[HH].[HH].[HH].[HH].[HH].[HH].[N-]=[N+]=N. The van der Waals surface area contributed by atoms with E-state index >= 15 is 0 Å². The summed E-state index contributed by atoms with van der Waals surface area (Å²) in [6.07, 6.45) is 21.4. The number of amides is 1. The summed E-state index contributed by atoms with van der Waals surface area (Å²) in [5.41, 5.74) is 12.2. The summed E-state index contributed by atoms with van der Waals surface area (Å²) >= 11 is 0. The fraction of sp³-hybridized carbons (Fsp3) is 0.490. The predicted octanol–water partition coefficient (Wildman–Crippen LogP) is 9.63. The Hall–Kier alpha value is -7.27. The summed E-state index contributed by atoms with van der Waals surface area (Å²) in [5, 5.41) is 3.45. The first kappa shape index (κ1) is 48.9. The van der Waals surface area contributed by atoms with Gasteiger partial charge in [0.05, 0.1) is 6.04 Å². The lowest BCUT2D eigenvalue weighted by Gasteiger charge is -2.38. The van der Waals surface area contributed by atoms with Gasteiger partial charge < -0.3 is 5.32 Å². The van der Waals surface area contributed by atoms with Crippen molar-refractivity contribution in [3.63, 3.8) is 0 Å². The molecule has 9 heteroatoms. The number of piperidine rings is 1. The first-order chi connectivity index (χ1) is 29.4. The van der Waals surface area contributed by atoms with Gasteiger partial charge in [-0.15, -0.1) is 12.0 Å². The molecular formula is C51H75N5O4. The van der Waals surface area contributed by atoms with Gasteiger partial charge in [0.25, 0.3) is 0 Å². The molecule has 0 bridgehead atoms. The van der Waals surface area contributed by atoms with E-state index in [1.807, 2.05) is 0 Å². The van der Waals surface area contributed by atoms with Crippen molar-refractivity contribution in [2.75, 3.05) is 13.1 Å². The number of carbonyl (C=O) groups is 2. The molecule has 5 rings (SSSR count). The van der Waals surface area contributed by atoms with Crippen LogP contribution in [0.5, 0.6) is 0 Å². The Morgan fingerprint density at radius 3 is 1.45 bits per heavy atom. The minimum atomic E-state index is -0.0613. The molecule has 0 spiro atoms. The third-order valence-electron chi connectivity index (χ3n) is 11.1. The van der Waals surface area contributed by atoms with Crippen LogP contribution in [0.4, 0.5) is 0 Å². The molecule has 4 aliphatic carbocycles. The summed E-state index contributed by atoms with van der Waals surface area (Å²) in [6.45, 7) is 5.92. The van der Waals surface area contributed by atoms with Crippen molar-refractivity contribution in [1.29, 1.82) is 5.53 Å². The molecule has 328 valence electrons. The van der Waals surface area contributed by atoms with E-state index in [0.29, 0.717) is 23.5 Å². The molecule has 9 nitrogen and oxygen atoms in total. The van der Waals surface area contributed by atoms with Crippen molar-refractivity contribution in [3.8, 4) is 143 Å². The van der Waals surface area contributed by atoms with Gasteiger partial charge in [-0.25, -0.2) is 0 Å². The molecule has 1 saturated heterocycles. The van der Waals surface area contributed by atoms with Gasteiger partial charge >= 0.3 is 0 Å². The van der Waals surface area contributed by atoms with E-state index in [4.69, 9.17) is 27.4 Å². The van der Waals surface area contributed by atoms with Crippen molar-refractivity contribution >= 4 is 11.7 Å². The molecule has 0 aromatic carbocycles. The smallest absolute Gasteiger partial charge is 0.237 e. The zero-order valence-electron chi connectivity index (χ0n) is 34.3. The van der Waals surface area contributed by atoms with Gasteiger partial charge in [0, 0.05) is 83.3 Å². The third-order valence-corrected chi connectivity index (χ3v) is 11.1. The summed E-state index contributed by atoms with van der Waals surface area (Å²) in [7, 11) is 0. The zero-order chi connectivity index (χ0) is 43.6. The van der Waals surface area contributed by atoms with Crippen molar-refractivity contribution in [2.24, 2.45) is 35.5 Å². The van der Waals surface area contributed by atoms with Gasteiger partial charge in [-0.1, -0.05) is 50.9 Å². The van der Waals surface area contributed by atoms with Crippen molar-refractivity contribution in [1.82, 2.24) is 10.2 Å². The van der Waals surface area contributed by atoms with Crippen LogP contribution in [0.15, 0.2) is 0 Å². The molecule has 5 atom stereocenters. The molecule has 60 heavy (non-hydrogen) atoms. The number of ketones is 1. The average Bonchev–Trinajstić information content (AvgIpc) is 3.86. The van der Waals surface area contributed by atoms with E-state index in [2.05, 4.69) is 153 Å². The topological polar surface area (TPSA) is 144 Å². The van der Waals surface area contributed by atoms with Gasteiger partial charge in [-0.05, 0) is 194 Å². The number of hydrogen-bond acceptors (Lipinski definition) is 6. The Morgan fingerprint density at radius 1 is 0.650 bits per heavy atom. The second-order valence-corrected chi connectivity index (χ2v) is 14.5. The van der Waals surface area contributed by atoms with Crippen LogP contribution < -0.4 is 5.32 Å². The minimum Gasteiger partial charge on any atom is -0.351 e. The molecule has 5 fully saturated rings. The van der Waals surface area contributed by atoms with Gasteiger partial charge in [0.2, 0.25) is 5.91 Å². The number of hydrogen-bond donors (Lipinski definition) is 2. The van der Waals surface area contributed by atoms with Crippen LogP contribution in [0.1, 0.15) is 117 Å². The standard InChI is InChI=1S/C26H42N2O2.C25H4.HN3.O2.14H2/c1-17(28-14-12-19(13-15-28)18-6-2-3-7-18)26(30)27-24-22-9-5-4-8-21(22)16-23(24)25(29)20-10-11-20;1-3-5-7-9-11-13-15-17-19-21-23-25-24-22-20-18-16-14-12-10-8-6-4-2;1-3-2;1-2;;;;;;;;;;;;;;/h17-24H,2-16H2,1H3,(H,27,30);1H,2H3;1H;;14*1H. The fourth-order valence-electron chi connectivity index (χ4n) is 8.29. The molecular weight excluding hydrogens is 747 g/mol. The van der Waals surface area contributed by atoms with Gasteiger partial charge in [-0.3, -0.25) is 14.5 Å². The van der Waals surface area contributed by atoms with Crippen LogP contribution in [0, 0.1) is 194 Å². The first-order valence-electron chi connectivity index (χ1n) is 20.1. The van der Waals surface area contributed by atoms with Gasteiger partial charge in [0.15, 0.2) is 0 Å². The second-order valence-electron chi connectivity index (χ2n) is 14.5. The summed E-state index contributed by atoms with van der Waals surface area (Å²) < 4.78 is 0. The van der Waals surface area contributed by atoms with Crippen molar-refractivity contribution in [3.05, 3.63) is 20.4 Å². The molecule has 0 aromatic heterocycles. The Labute approximate surface area is 377 Å². The number of Topliss-reactive ketones (excluding diaryl/α,β-unsaturated/α-hetero) is 1. The molecule has 1 heterocycles. The Bertz CT molecular complexity index is 2360. The Kier molecular flexibility index (Phi) is 25.1. The largest absolute Gasteiger partial charge is 0.351 e. The van der Waals surface area contributed by atoms with Crippen LogP contribution in [-0.4, -0.2) is 41.8 Å². The zero-order valence-corrected chi connectivity index (χ0v) is 34.3. The number of nitrogens with one attached hydrogen (secondary N) is 2. The van der Waals surface area contributed by atoms with E-state index in [-0.39, 0.29) is 43.9 Å². The highest BCUT2D eigenvalue weighted by Gasteiger charge is 2.50. The number of likely N-dealkylation sites (tertiary alicyclic amines) is 1. The highest BCUT2D eigenvalue weighted by atomic mass is 16.7. The van der Waals surface area contributed by atoms with E-state index in [1.54, 1.807) is 11.8 Å². The van der Waals surface area contributed by atoms with Crippen LogP contribution >= 0.6 is 0 Å². The number of terminal acetylenes is 1. The summed E-state index contributed by atoms with van der Waals surface area (Å²) in [5.74, 6) is 61.0. The quantitative estimate of drug-likeness (QED) is 0.119. The first-order valence-corrected chi connectivity index (χ1v) is 20.1. The summed E-state index contributed by atoms with van der Waals surface area (Å²) in [4.78, 5) is 44.5. The number of nitrogens with zero attached hydrogens (tertiary/aromatic N) is 3. The molecule has 1 aliphatic heterocycles. The minimum absolute atomic E-state index is 0. The maximum absolute atomic E-state index is 13.3. The van der Waals surface area contributed by atoms with Crippen molar-refractivity contribution in [2.45, 2.75) is 109 Å². The second kappa shape index (κ2) is 30.8. The molecule has 2 N–H and O–H groups in total. The molecule has 5 aliphatic rings. The van der Waals surface area contributed by atoms with E-state index in [9.17, 15) is 9.59 Å². The monoisotopic (exact) mass is 822 g/mol. The number of fused-ring (bicyclic) bond motifs is 1. The maximum Gasteiger partial charge on any atom is 0.237 e.